The summed E-state index contributed by atoms with van der Waals surface area (Å²) in [5.41, 5.74) is -0.0358. The number of carbonyl (C=O) groups excluding carboxylic acids is 5. The van der Waals surface area contributed by atoms with Crippen LogP contribution in [0.15, 0.2) is 34.8 Å². The lowest BCUT2D eigenvalue weighted by Crippen LogP contribution is -2.53. The van der Waals surface area contributed by atoms with Crippen LogP contribution in [0.1, 0.15) is 96.6 Å². The van der Waals surface area contributed by atoms with E-state index in [-0.39, 0.29) is 49.7 Å². The minimum atomic E-state index is -1.95. The van der Waals surface area contributed by atoms with Crippen molar-refractivity contribution in [1.82, 2.24) is 15.1 Å². The highest BCUT2D eigenvalue weighted by molar-refractivity contribution is 6.68. The number of allylic oxidation sites excluding steroid dienone is 1. The van der Waals surface area contributed by atoms with Crippen LogP contribution in [0.25, 0.3) is 0 Å². The maximum absolute atomic E-state index is 14.1. The number of carbonyl (C=O) groups is 5. The van der Waals surface area contributed by atoms with Gasteiger partial charge in [0, 0.05) is 25.0 Å². The van der Waals surface area contributed by atoms with Crippen LogP contribution >= 0.6 is 69.6 Å². The standard InChI is InChI=1S/C38H51Cl6N5O10/c1-22(2)14-16-45-30(46-31(51)58-35(3,4)5)48(33(53)59-36(6,7)8)17-10-11-26-24-15-18-47(32(52)56-20-37(39,40)41)28(24)25-19-23(29(50)55-9)12-13-27(25)49(26)34(54)57-21-38(42,43)44/h12-14,19,24,26,28H,10-11,15-18,20-21H2,1-9H3,(H,45,46,51)/t24-,26-,28-/m0/s1. The molecule has 15 nitrogen and oxygen atoms in total. The number of likely N-dealkylation sites (tertiary alicyclic amines) is 1. The number of benzene rings is 1. The van der Waals surface area contributed by atoms with Crippen LogP contribution in [0.2, 0.25) is 0 Å². The van der Waals surface area contributed by atoms with E-state index in [1.165, 1.54) is 40.0 Å². The third-order valence-electron chi connectivity index (χ3n) is 8.55. The highest BCUT2D eigenvalue weighted by Crippen LogP contribution is 2.51. The van der Waals surface area contributed by atoms with Gasteiger partial charge >= 0.3 is 30.3 Å². The van der Waals surface area contributed by atoms with Gasteiger partial charge in [-0.05, 0) is 98.4 Å². The maximum atomic E-state index is 14.1. The number of alkyl halides is 6. The van der Waals surface area contributed by atoms with Crippen molar-refractivity contribution in [2.45, 2.75) is 106 Å². The van der Waals surface area contributed by atoms with Gasteiger partial charge in [-0.2, -0.15) is 0 Å². The Morgan fingerprint density at radius 3 is 2.03 bits per heavy atom. The number of rotatable bonds is 9. The van der Waals surface area contributed by atoms with Crippen LogP contribution in [-0.4, -0.2) is 111 Å². The summed E-state index contributed by atoms with van der Waals surface area (Å²) >= 11 is 35.6. The van der Waals surface area contributed by atoms with Crippen molar-refractivity contribution in [3.8, 4) is 0 Å². The lowest BCUT2D eigenvalue weighted by Gasteiger charge is -2.45. The molecule has 4 amide bonds. The molecule has 1 N–H and O–H groups in total. The molecule has 0 radical (unpaired) electrons. The van der Waals surface area contributed by atoms with Gasteiger partial charge < -0.3 is 28.6 Å². The van der Waals surface area contributed by atoms with Crippen LogP contribution in [-0.2, 0) is 23.7 Å². The zero-order chi connectivity index (χ0) is 44.7. The first-order valence-electron chi connectivity index (χ1n) is 18.5. The van der Waals surface area contributed by atoms with Crippen molar-refractivity contribution in [1.29, 1.82) is 0 Å². The van der Waals surface area contributed by atoms with E-state index >= 15 is 0 Å². The van der Waals surface area contributed by atoms with Crippen molar-refractivity contribution >= 4 is 112 Å². The highest BCUT2D eigenvalue weighted by atomic mass is 35.6. The molecular formula is C38H51Cl6N5O10. The number of amides is 4. The third-order valence-corrected chi connectivity index (χ3v) is 9.21. The van der Waals surface area contributed by atoms with Gasteiger partial charge in [0.15, 0.2) is 0 Å². The van der Waals surface area contributed by atoms with Gasteiger partial charge in [-0.25, -0.2) is 33.9 Å². The molecule has 2 aliphatic heterocycles. The van der Waals surface area contributed by atoms with Gasteiger partial charge in [0.2, 0.25) is 13.5 Å². The van der Waals surface area contributed by atoms with Crippen molar-refractivity contribution in [3.63, 3.8) is 0 Å². The van der Waals surface area contributed by atoms with E-state index in [2.05, 4.69) is 10.3 Å². The fourth-order valence-corrected chi connectivity index (χ4v) is 6.75. The molecule has 0 aliphatic carbocycles. The Labute approximate surface area is 374 Å². The number of ether oxygens (including phenoxy) is 5. The second-order valence-corrected chi connectivity index (χ2v) is 21.0. The quantitative estimate of drug-likeness (QED) is 0.0629. The minimum absolute atomic E-state index is 0.0770. The Morgan fingerprint density at radius 1 is 0.898 bits per heavy atom. The molecule has 0 spiro atoms. The number of hydrogen-bond acceptors (Lipinski definition) is 11. The molecule has 0 unspecified atom stereocenters. The summed E-state index contributed by atoms with van der Waals surface area (Å²) in [4.78, 5) is 75.9. The summed E-state index contributed by atoms with van der Waals surface area (Å²) in [5, 5.41) is 2.61. The molecule has 3 rings (SSSR count). The smallest absolute Gasteiger partial charge is 0.417 e. The topological polar surface area (TPSA) is 166 Å². The third kappa shape index (κ3) is 15.7. The fourth-order valence-electron chi connectivity index (χ4n) is 6.43. The van der Waals surface area contributed by atoms with Gasteiger partial charge in [-0.3, -0.25) is 10.2 Å². The summed E-state index contributed by atoms with van der Waals surface area (Å²) in [6, 6.07) is 3.00. The fraction of sp³-hybridized carbons (Fsp3) is 0.632. The molecule has 2 heterocycles. The number of hydrogen-bond donors (Lipinski definition) is 1. The molecule has 2 aliphatic rings. The number of esters is 1. The van der Waals surface area contributed by atoms with Gasteiger partial charge in [-0.1, -0.05) is 81.3 Å². The first kappa shape index (κ1) is 50.3. The largest absolute Gasteiger partial charge is 0.465 e. The summed E-state index contributed by atoms with van der Waals surface area (Å²) in [7, 11) is 1.22. The monoisotopic (exact) mass is 947 g/mol. The van der Waals surface area contributed by atoms with Gasteiger partial charge in [-0.15, -0.1) is 0 Å². The van der Waals surface area contributed by atoms with E-state index in [0.29, 0.717) is 12.0 Å². The summed E-state index contributed by atoms with van der Waals surface area (Å²) in [6.45, 7) is 12.9. The molecule has 0 bridgehead atoms. The zero-order valence-corrected chi connectivity index (χ0v) is 38.9. The van der Waals surface area contributed by atoms with Gasteiger partial charge in [0.25, 0.3) is 0 Å². The number of anilines is 1. The summed E-state index contributed by atoms with van der Waals surface area (Å²) in [5.74, 6) is -1.31. The van der Waals surface area contributed by atoms with Crippen LogP contribution in [0.3, 0.4) is 0 Å². The number of methoxy groups -OCH3 is 1. The molecule has 1 fully saturated rings. The number of nitrogens with one attached hydrogen (secondary N) is 1. The van der Waals surface area contributed by atoms with Crippen LogP contribution in [0.5, 0.6) is 0 Å². The predicted octanol–water partition coefficient (Wildman–Crippen LogP) is 9.90. The molecule has 330 valence electrons. The number of halogens is 6. The van der Waals surface area contributed by atoms with E-state index in [1.54, 1.807) is 47.6 Å². The molecule has 59 heavy (non-hydrogen) atoms. The van der Waals surface area contributed by atoms with E-state index in [4.69, 9.17) is 93.3 Å². The van der Waals surface area contributed by atoms with Crippen LogP contribution in [0, 0.1) is 5.92 Å². The van der Waals surface area contributed by atoms with Crippen LogP contribution < -0.4 is 10.2 Å². The first-order chi connectivity index (χ1) is 27.1. The molecular weight excluding hydrogens is 899 g/mol. The summed E-state index contributed by atoms with van der Waals surface area (Å²) < 4.78 is 23.3. The molecule has 1 aromatic rings. The zero-order valence-electron chi connectivity index (χ0n) is 34.3. The predicted molar refractivity (Wildman–Crippen MR) is 228 cm³/mol. The average molecular weight is 951 g/mol. The van der Waals surface area contributed by atoms with Gasteiger partial charge in [0.05, 0.1) is 30.9 Å². The van der Waals surface area contributed by atoms with E-state index < -0.39 is 80.3 Å². The second-order valence-electron chi connectivity index (χ2n) is 16.0. The Hall–Kier alpha value is -3.08. The lowest BCUT2D eigenvalue weighted by atomic mass is 9.79. The highest BCUT2D eigenvalue weighted by Gasteiger charge is 2.51. The molecule has 0 saturated carbocycles. The van der Waals surface area contributed by atoms with Crippen molar-refractivity contribution in [2.24, 2.45) is 10.9 Å². The molecule has 1 saturated heterocycles. The number of fused-ring (bicyclic) bond motifs is 3. The van der Waals surface area contributed by atoms with E-state index in [0.717, 1.165) is 5.57 Å². The van der Waals surface area contributed by atoms with Gasteiger partial charge in [0.1, 0.15) is 24.4 Å². The number of alkyl carbamates (subject to hydrolysis) is 1. The minimum Gasteiger partial charge on any atom is -0.465 e. The molecule has 0 aromatic heterocycles. The van der Waals surface area contributed by atoms with Crippen LogP contribution in [0.4, 0.5) is 24.9 Å². The Balaban J connectivity index is 2.14. The number of nitrogens with zero attached hydrogens (tertiary/aromatic N) is 4. The van der Waals surface area contributed by atoms with Crippen molar-refractivity contribution < 1.29 is 47.7 Å². The lowest BCUT2D eigenvalue weighted by molar-refractivity contribution is 0.0352. The SMILES string of the molecule is COC(=O)c1ccc2c(c1)[C@@H]1[C@@H](CCN1C(=O)OCC(Cl)(Cl)Cl)[C@H](CCCN(C(=O)OC(C)(C)C)C(=NCC=C(C)C)NC(=O)OC(C)(C)C)N2C(=O)OCC(Cl)(Cl)Cl. The Kier molecular flexibility index (Phi) is 17.6. The first-order valence-corrected chi connectivity index (χ1v) is 20.8. The number of guanidine groups is 1. The maximum Gasteiger partial charge on any atom is 0.417 e. The second kappa shape index (κ2) is 20.7. The van der Waals surface area contributed by atoms with E-state index in [1.807, 2.05) is 13.8 Å². The van der Waals surface area contributed by atoms with Crippen molar-refractivity contribution in [2.75, 3.05) is 44.9 Å². The number of aliphatic imine (C=N–C) groups is 1. The molecule has 3 atom stereocenters. The van der Waals surface area contributed by atoms with Crippen molar-refractivity contribution in [3.05, 3.63) is 41.0 Å². The average Bonchev–Trinajstić information content (AvgIpc) is 3.53. The Bertz CT molecular complexity index is 1770. The summed E-state index contributed by atoms with van der Waals surface area (Å²) in [6.07, 6.45) is -0.863. The molecule has 21 heteroatoms. The van der Waals surface area contributed by atoms with E-state index in [9.17, 15) is 24.0 Å². The Morgan fingerprint density at radius 2 is 1.49 bits per heavy atom. The normalized spacial score (nSPS) is 18.2. The molecule has 1 aromatic carbocycles.